The van der Waals surface area contributed by atoms with Crippen molar-refractivity contribution < 1.29 is 0 Å². The van der Waals surface area contributed by atoms with Crippen LogP contribution in [0.3, 0.4) is 0 Å². The highest BCUT2D eigenvalue weighted by atomic mass is 15.2. The maximum Gasteiger partial charge on any atom is 0.0217 e. The van der Waals surface area contributed by atoms with Crippen LogP contribution in [0.15, 0.2) is 0 Å². The van der Waals surface area contributed by atoms with Crippen LogP contribution in [0.5, 0.6) is 0 Å². The van der Waals surface area contributed by atoms with E-state index in [0.717, 1.165) is 18.5 Å². The van der Waals surface area contributed by atoms with Crippen molar-refractivity contribution in [2.24, 2.45) is 5.92 Å². The smallest absolute Gasteiger partial charge is 0.0217 e. The van der Waals surface area contributed by atoms with E-state index in [1.165, 1.54) is 32.5 Å². The van der Waals surface area contributed by atoms with Gasteiger partial charge in [0.1, 0.15) is 0 Å². The molecular weight excluding hydrogens is 210 g/mol. The van der Waals surface area contributed by atoms with E-state index < -0.39 is 0 Å². The fourth-order valence-electron chi connectivity index (χ4n) is 2.56. The Morgan fingerprint density at radius 2 is 2.00 bits per heavy atom. The molecule has 1 fully saturated rings. The predicted molar refractivity (Wildman–Crippen MR) is 75.5 cm³/mol. The van der Waals surface area contributed by atoms with Gasteiger partial charge in [0, 0.05) is 25.2 Å². The van der Waals surface area contributed by atoms with Crippen molar-refractivity contribution in [1.82, 2.24) is 15.1 Å². The second kappa shape index (κ2) is 7.34. The highest BCUT2D eigenvalue weighted by molar-refractivity contribution is 4.79. The molecule has 1 N–H and O–H groups in total. The molecule has 0 aromatic carbocycles. The van der Waals surface area contributed by atoms with E-state index in [4.69, 9.17) is 0 Å². The van der Waals surface area contributed by atoms with Crippen LogP contribution in [0.2, 0.25) is 0 Å². The SMILES string of the molecule is CC(CNC(C)C)CN1CCCC(N(C)C)C1. The molecular formula is C14H31N3. The van der Waals surface area contributed by atoms with E-state index >= 15 is 0 Å². The van der Waals surface area contributed by atoms with Crippen molar-refractivity contribution in [2.75, 3.05) is 40.3 Å². The normalized spacial score (nSPS) is 24.5. The Balaban J connectivity index is 2.25. The molecule has 0 saturated carbocycles. The molecule has 0 amide bonds. The molecule has 1 rings (SSSR count). The molecule has 2 unspecified atom stereocenters. The van der Waals surface area contributed by atoms with Crippen molar-refractivity contribution in [3.63, 3.8) is 0 Å². The summed E-state index contributed by atoms with van der Waals surface area (Å²) in [4.78, 5) is 5.02. The lowest BCUT2D eigenvalue weighted by atomic mass is 10.0. The molecule has 3 nitrogen and oxygen atoms in total. The molecule has 1 aliphatic heterocycles. The van der Waals surface area contributed by atoms with Crippen molar-refractivity contribution in [3.05, 3.63) is 0 Å². The van der Waals surface area contributed by atoms with E-state index in [0.29, 0.717) is 6.04 Å². The van der Waals surface area contributed by atoms with Crippen molar-refractivity contribution >= 4 is 0 Å². The highest BCUT2D eigenvalue weighted by Gasteiger charge is 2.22. The number of likely N-dealkylation sites (tertiary alicyclic amines) is 1. The molecule has 3 heteroatoms. The summed E-state index contributed by atoms with van der Waals surface area (Å²) >= 11 is 0. The van der Waals surface area contributed by atoms with Gasteiger partial charge in [-0.1, -0.05) is 20.8 Å². The Hall–Kier alpha value is -0.120. The molecule has 17 heavy (non-hydrogen) atoms. The summed E-state index contributed by atoms with van der Waals surface area (Å²) in [6.45, 7) is 11.7. The van der Waals surface area contributed by atoms with Gasteiger partial charge in [0.2, 0.25) is 0 Å². The molecule has 0 bridgehead atoms. The summed E-state index contributed by atoms with van der Waals surface area (Å²) in [6, 6.07) is 1.36. The quantitative estimate of drug-likeness (QED) is 0.763. The largest absolute Gasteiger partial charge is 0.314 e. The topological polar surface area (TPSA) is 18.5 Å². The monoisotopic (exact) mass is 241 g/mol. The third-order valence-electron chi connectivity index (χ3n) is 3.66. The molecule has 0 aliphatic carbocycles. The fourth-order valence-corrected chi connectivity index (χ4v) is 2.56. The van der Waals surface area contributed by atoms with Gasteiger partial charge in [-0.25, -0.2) is 0 Å². The molecule has 0 aromatic heterocycles. The summed E-state index contributed by atoms with van der Waals surface area (Å²) in [5.41, 5.74) is 0. The van der Waals surface area contributed by atoms with Crippen molar-refractivity contribution in [2.45, 2.75) is 45.7 Å². The number of hydrogen-bond donors (Lipinski definition) is 1. The summed E-state index contributed by atoms with van der Waals surface area (Å²) in [5, 5.41) is 3.53. The van der Waals surface area contributed by atoms with Gasteiger partial charge in [-0.15, -0.1) is 0 Å². The Kier molecular flexibility index (Phi) is 6.45. The highest BCUT2D eigenvalue weighted by Crippen LogP contribution is 2.14. The van der Waals surface area contributed by atoms with Crippen LogP contribution in [0.1, 0.15) is 33.6 Å². The lowest BCUT2D eigenvalue weighted by Crippen LogP contribution is -2.47. The predicted octanol–water partition coefficient (Wildman–Crippen LogP) is 1.65. The minimum absolute atomic E-state index is 0.605. The second-order valence-electron chi connectivity index (χ2n) is 6.19. The Morgan fingerprint density at radius 1 is 1.29 bits per heavy atom. The Bertz CT molecular complexity index is 204. The average Bonchev–Trinajstić information content (AvgIpc) is 2.26. The molecule has 0 aromatic rings. The number of nitrogens with zero attached hydrogens (tertiary/aromatic N) is 2. The fraction of sp³-hybridized carbons (Fsp3) is 1.00. The standard InChI is InChI=1S/C14H31N3/c1-12(2)15-9-13(3)10-17-8-6-7-14(11-17)16(4)5/h12-15H,6-11H2,1-5H3. The van der Waals surface area contributed by atoms with Gasteiger partial charge in [0.25, 0.3) is 0 Å². The van der Waals surface area contributed by atoms with Crippen LogP contribution >= 0.6 is 0 Å². The zero-order chi connectivity index (χ0) is 12.8. The van der Waals surface area contributed by atoms with Gasteiger partial charge in [0.15, 0.2) is 0 Å². The zero-order valence-electron chi connectivity index (χ0n) is 12.4. The maximum atomic E-state index is 3.53. The van der Waals surface area contributed by atoms with Crippen LogP contribution in [-0.4, -0.2) is 62.2 Å². The molecule has 102 valence electrons. The first-order chi connectivity index (χ1) is 7.99. The van der Waals surface area contributed by atoms with E-state index in [9.17, 15) is 0 Å². The van der Waals surface area contributed by atoms with Crippen molar-refractivity contribution in [3.8, 4) is 0 Å². The molecule has 0 spiro atoms. The lowest BCUT2D eigenvalue weighted by Gasteiger charge is -2.37. The molecule has 0 radical (unpaired) electrons. The van der Waals surface area contributed by atoms with E-state index in [1.807, 2.05) is 0 Å². The van der Waals surface area contributed by atoms with Gasteiger partial charge in [-0.05, 0) is 45.9 Å². The third-order valence-corrected chi connectivity index (χ3v) is 3.66. The number of nitrogens with one attached hydrogen (secondary N) is 1. The number of rotatable bonds is 6. The third kappa shape index (κ3) is 5.84. The summed E-state index contributed by atoms with van der Waals surface area (Å²) < 4.78 is 0. The average molecular weight is 241 g/mol. The van der Waals surface area contributed by atoms with Gasteiger partial charge in [-0.3, -0.25) is 0 Å². The van der Waals surface area contributed by atoms with Crippen LogP contribution in [0, 0.1) is 5.92 Å². The number of likely N-dealkylation sites (N-methyl/N-ethyl adjacent to an activating group) is 1. The van der Waals surface area contributed by atoms with Crippen LogP contribution < -0.4 is 5.32 Å². The van der Waals surface area contributed by atoms with Crippen LogP contribution in [0.25, 0.3) is 0 Å². The summed E-state index contributed by atoms with van der Waals surface area (Å²) in [5.74, 6) is 0.748. The van der Waals surface area contributed by atoms with Gasteiger partial charge < -0.3 is 15.1 Å². The first kappa shape index (κ1) is 14.9. The second-order valence-corrected chi connectivity index (χ2v) is 6.19. The van der Waals surface area contributed by atoms with Crippen LogP contribution in [-0.2, 0) is 0 Å². The lowest BCUT2D eigenvalue weighted by molar-refractivity contribution is 0.120. The zero-order valence-corrected chi connectivity index (χ0v) is 12.4. The molecule has 1 heterocycles. The minimum atomic E-state index is 0.605. The van der Waals surface area contributed by atoms with E-state index in [-0.39, 0.29) is 0 Å². The van der Waals surface area contributed by atoms with E-state index in [2.05, 4.69) is 50.0 Å². The Labute approximate surface area is 108 Å². The molecule has 2 atom stereocenters. The first-order valence-corrected chi connectivity index (χ1v) is 7.11. The number of hydrogen-bond acceptors (Lipinski definition) is 3. The Morgan fingerprint density at radius 3 is 2.59 bits per heavy atom. The summed E-state index contributed by atoms with van der Waals surface area (Å²) in [6.07, 6.45) is 2.72. The van der Waals surface area contributed by atoms with Gasteiger partial charge in [0.05, 0.1) is 0 Å². The number of piperidine rings is 1. The molecule has 1 aliphatic rings. The van der Waals surface area contributed by atoms with E-state index in [1.54, 1.807) is 0 Å². The molecule has 1 saturated heterocycles. The minimum Gasteiger partial charge on any atom is -0.314 e. The summed E-state index contributed by atoms with van der Waals surface area (Å²) in [7, 11) is 4.41. The van der Waals surface area contributed by atoms with Gasteiger partial charge >= 0.3 is 0 Å². The van der Waals surface area contributed by atoms with Gasteiger partial charge in [-0.2, -0.15) is 0 Å². The first-order valence-electron chi connectivity index (χ1n) is 7.11. The van der Waals surface area contributed by atoms with Crippen LogP contribution in [0.4, 0.5) is 0 Å². The maximum absolute atomic E-state index is 3.53. The van der Waals surface area contributed by atoms with Crippen molar-refractivity contribution in [1.29, 1.82) is 0 Å².